The third kappa shape index (κ3) is 1.33. The van der Waals surface area contributed by atoms with Crippen LogP contribution in [0.4, 0.5) is 4.39 Å². The summed E-state index contributed by atoms with van der Waals surface area (Å²) in [5.41, 5.74) is 0.915. The van der Waals surface area contributed by atoms with Crippen molar-refractivity contribution in [3.8, 4) is 0 Å². The average Bonchev–Trinajstić information content (AvgIpc) is 2.12. The minimum Gasteiger partial charge on any atom is -0.261 e. The second kappa shape index (κ2) is 3.07. The molecule has 0 bridgehead atoms. The number of nitrogens with zero attached hydrogens (tertiary/aromatic N) is 1. The van der Waals surface area contributed by atoms with Gasteiger partial charge in [0, 0.05) is 22.7 Å². The third-order valence-electron chi connectivity index (χ3n) is 2.03. The first-order chi connectivity index (χ1) is 6.20. The lowest BCUT2D eigenvalue weighted by Gasteiger charge is -2.03. The number of aromatic nitrogens is 1. The van der Waals surface area contributed by atoms with Crippen LogP contribution in [0.5, 0.6) is 0 Å². The van der Waals surface area contributed by atoms with Crippen molar-refractivity contribution in [2.24, 2.45) is 0 Å². The van der Waals surface area contributed by atoms with Crippen LogP contribution in [0.25, 0.3) is 10.8 Å². The maximum atomic E-state index is 13.1. The molecule has 0 radical (unpaired) electrons. The molecule has 1 nitrogen and oxygen atoms in total. The predicted molar refractivity (Wildman–Crippen MR) is 54.1 cm³/mol. The number of hydrogen-bond acceptors (Lipinski definition) is 1. The van der Waals surface area contributed by atoms with Gasteiger partial charge in [-0.2, -0.15) is 0 Å². The minimum absolute atomic E-state index is 0.238. The van der Waals surface area contributed by atoms with E-state index < -0.39 is 0 Å². The molecule has 2 rings (SSSR count). The molecule has 0 saturated heterocycles. The van der Waals surface area contributed by atoms with Gasteiger partial charge >= 0.3 is 0 Å². The quantitative estimate of drug-likeness (QED) is 0.687. The summed E-state index contributed by atoms with van der Waals surface area (Å²) in [5.74, 6) is -0.238. The summed E-state index contributed by atoms with van der Waals surface area (Å²) in [6.07, 6.45) is 1.68. The zero-order valence-corrected chi connectivity index (χ0v) is 8.60. The van der Waals surface area contributed by atoms with E-state index in [1.807, 2.05) is 6.92 Å². The van der Waals surface area contributed by atoms with E-state index in [0.717, 1.165) is 16.5 Å². The van der Waals surface area contributed by atoms with E-state index in [1.165, 1.54) is 6.07 Å². The molecule has 1 aromatic carbocycles. The molecule has 0 aliphatic heterocycles. The molecule has 0 fully saturated rings. The van der Waals surface area contributed by atoms with Gasteiger partial charge in [-0.1, -0.05) is 0 Å². The maximum absolute atomic E-state index is 13.1. The Bertz CT molecular complexity index is 468. The fourth-order valence-electron chi connectivity index (χ4n) is 1.34. The van der Waals surface area contributed by atoms with Crippen LogP contribution in [0.1, 0.15) is 5.69 Å². The molecular weight excluding hydrogens is 233 g/mol. The van der Waals surface area contributed by atoms with Crippen LogP contribution in [-0.2, 0) is 0 Å². The van der Waals surface area contributed by atoms with Crippen molar-refractivity contribution in [2.75, 3.05) is 0 Å². The first-order valence-electron chi connectivity index (χ1n) is 3.89. The summed E-state index contributed by atoms with van der Waals surface area (Å²) in [7, 11) is 0. The summed E-state index contributed by atoms with van der Waals surface area (Å²) in [4.78, 5) is 4.13. The molecule has 2 aromatic rings. The highest BCUT2D eigenvalue weighted by atomic mass is 79.9. The normalized spacial score (nSPS) is 10.7. The molecule has 0 atom stereocenters. The van der Waals surface area contributed by atoms with Crippen molar-refractivity contribution < 1.29 is 4.39 Å². The Morgan fingerprint density at radius 2 is 2.00 bits per heavy atom. The van der Waals surface area contributed by atoms with Crippen LogP contribution in [0.15, 0.2) is 28.9 Å². The van der Waals surface area contributed by atoms with Crippen molar-refractivity contribution in [3.05, 3.63) is 40.4 Å². The molecule has 13 heavy (non-hydrogen) atoms. The summed E-state index contributed by atoms with van der Waals surface area (Å²) < 4.78 is 13.6. The summed E-state index contributed by atoms with van der Waals surface area (Å²) >= 11 is 3.21. The van der Waals surface area contributed by atoms with Gasteiger partial charge in [0.15, 0.2) is 0 Å². The first kappa shape index (κ1) is 8.63. The Morgan fingerprint density at radius 3 is 2.77 bits per heavy atom. The van der Waals surface area contributed by atoms with Crippen molar-refractivity contribution in [3.63, 3.8) is 0 Å². The number of benzene rings is 1. The number of pyridine rings is 1. The van der Waals surface area contributed by atoms with Crippen LogP contribution in [-0.4, -0.2) is 4.98 Å². The number of halogens is 2. The van der Waals surface area contributed by atoms with Crippen LogP contribution >= 0.6 is 15.9 Å². The summed E-state index contributed by atoms with van der Waals surface area (Å²) in [6, 6.07) is 4.99. The van der Waals surface area contributed by atoms with E-state index in [9.17, 15) is 4.39 Å². The monoisotopic (exact) mass is 239 g/mol. The lowest BCUT2D eigenvalue weighted by Crippen LogP contribution is -1.86. The standard InChI is InChI=1S/C10H7BrFN/c1-6-7-2-3-9(12)10(11)8(7)4-5-13-6/h2-5H,1H3. The van der Waals surface area contributed by atoms with Crippen LogP contribution in [0.3, 0.4) is 0 Å². The third-order valence-corrected chi connectivity index (χ3v) is 2.84. The molecule has 0 spiro atoms. The predicted octanol–water partition coefficient (Wildman–Crippen LogP) is 3.44. The Labute approximate surface area is 83.7 Å². The second-order valence-electron chi connectivity index (χ2n) is 2.85. The molecular formula is C10H7BrFN. The van der Waals surface area contributed by atoms with Gasteiger partial charge in [-0.15, -0.1) is 0 Å². The SMILES string of the molecule is Cc1nccc2c(Br)c(F)ccc12. The lowest BCUT2D eigenvalue weighted by atomic mass is 10.1. The fraction of sp³-hybridized carbons (Fsp3) is 0.100. The zero-order chi connectivity index (χ0) is 9.42. The lowest BCUT2D eigenvalue weighted by molar-refractivity contribution is 0.623. The number of fused-ring (bicyclic) bond motifs is 1. The van der Waals surface area contributed by atoms with E-state index in [2.05, 4.69) is 20.9 Å². The molecule has 0 saturated carbocycles. The molecule has 1 heterocycles. The molecule has 0 N–H and O–H groups in total. The molecule has 1 aromatic heterocycles. The maximum Gasteiger partial charge on any atom is 0.138 e. The number of rotatable bonds is 0. The van der Waals surface area contributed by atoms with Crippen LogP contribution < -0.4 is 0 Å². The molecule has 0 amide bonds. The van der Waals surface area contributed by atoms with Crippen molar-refractivity contribution >= 4 is 26.7 Å². The molecule has 66 valence electrons. The van der Waals surface area contributed by atoms with Gasteiger partial charge in [0.05, 0.1) is 4.47 Å². The number of hydrogen-bond donors (Lipinski definition) is 0. The topological polar surface area (TPSA) is 12.9 Å². The van der Waals surface area contributed by atoms with E-state index in [1.54, 1.807) is 18.3 Å². The zero-order valence-electron chi connectivity index (χ0n) is 7.01. The molecule has 3 heteroatoms. The van der Waals surface area contributed by atoms with Crippen LogP contribution in [0.2, 0.25) is 0 Å². The van der Waals surface area contributed by atoms with Gasteiger partial charge in [-0.3, -0.25) is 4.98 Å². The smallest absolute Gasteiger partial charge is 0.138 e. The van der Waals surface area contributed by atoms with E-state index in [4.69, 9.17) is 0 Å². The second-order valence-corrected chi connectivity index (χ2v) is 3.65. The summed E-state index contributed by atoms with van der Waals surface area (Å²) in [5, 5.41) is 1.85. The summed E-state index contributed by atoms with van der Waals surface area (Å²) in [6.45, 7) is 1.91. The van der Waals surface area contributed by atoms with E-state index in [0.29, 0.717) is 4.47 Å². The highest BCUT2D eigenvalue weighted by Crippen LogP contribution is 2.27. The van der Waals surface area contributed by atoms with Gasteiger partial charge in [-0.05, 0) is 41.1 Å². The van der Waals surface area contributed by atoms with Gasteiger partial charge < -0.3 is 0 Å². The Hall–Kier alpha value is -0.960. The first-order valence-corrected chi connectivity index (χ1v) is 4.69. The Kier molecular flexibility index (Phi) is 2.04. The van der Waals surface area contributed by atoms with Crippen molar-refractivity contribution in [2.45, 2.75) is 6.92 Å². The van der Waals surface area contributed by atoms with E-state index in [-0.39, 0.29) is 5.82 Å². The Morgan fingerprint density at radius 1 is 1.23 bits per heavy atom. The fourth-order valence-corrected chi connectivity index (χ4v) is 1.82. The van der Waals surface area contributed by atoms with Gasteiger partial charge in [0.1, 0.15) is 5.82 Å². The van der Waals surface area contributed by atoms with Crippen molar-refractivity contribution in [1.29, 1.82) is 0 Å². The average molecular weight is 240 g/mol. The highest BCUT2D eigenvalue weighted by molar-refractivity contribution is 9.10. The van der Waals surface area contributed by atoms with Gasteiger partial charge in [-0.25, -0.2) is 4.39 Å². The Balaban J connectivity index is 2.94. The van der Waals surface area contributed by atoms with Crippen molar-refractivity contribution in [1.82, 2.24) is 4.98 Å². The van der Waals surface area contributed by atoms with Crippen LogP contribution in [0, 0.1) is 12.7 Å². The van der Waals surface area contributed by atoms with Gasteiger partial charge in [0.25, 0.3) is 0 Å². The largest absolute Gasteiger partial charge is 0.261 e. The highest BCUT2D eigenvalue weighted by Gasteiger charge is 2.05. The number of aryl methyl sites for hydroxylation is 1. The minimum atomic E-state index is -0.238. The molecule has 0 unspecified atom stereocenters. The molecule has 0 aliphatic carbocycles. The molecule has 0 aliphatic rings. The van der Waals surface area contributed by atoms with E-state index >= 15 is 0 Å². The van der Waals surface area contributed by atoms with Gasteiger partial charge in [0.2, 0.25) is 0 Å².